The monoisotopic (exact) mass is 487 g/mol. The fraction of sp³-hybridized carbons (Fsp3) is 0.250. The van der Waals surface area contributed by atoms with Gasteiger partial charge in [0.05, 0.1) is 11.8 Å². The molecule has 0 saturated carbocycles. The molecule has 1 aliphatic rings. The Bertz CT molecular complexity index is 1390. The quantitative estimate of drug-likeness (QED) is 0.526. The molecule has 1 N–H and O–H groups in total. The molecule has 33 heavy (non-hydrogen) atoms. The van der Waals surface area contributed by atoms with Crippen molar-refractivity contribution in [1.82, 2.24) is 9.29 Å². The summed E-state index contributed by atoms with van der Waals surface area (Å²) in [7, 11) is -1.15. The van der Waals surface area contributed by atoms with E-state index in [9.17, 15) is 17.6 Å². The zero-order valence-electron chi connectivity index (χ0n) is 18.3. The maximum atomic E-state index is 13.6. The van der Waals surface area contributed by atoms with Crippen LogP contribution in [0.4, 0.5) is 4.39 Å². The van der Waals surface area contributed by atoms with Crippen molar-refractivity contribution in [3.8, 4) is 11.1 Å². The van der Waals surface area contributed by atoms with Crippen molar-refractivity contribution in [3.63, 3.8) is 0 Å². The molecule has 6 nitrogen and oxygen atoms in total. The number of nitrogens with zero attached hydrogens (tertiary/aromatic N) is 2. The van der Waals surface area contributed by atoms with Crippen molar-refractivity contribution in [3.05, 3.63) is 92.1 Å². The summed E-state index contributed by atoms with van der Waals surface area (Å²) in [4.78, 5) is 17.5. The van der Waals surface area contributed by atoms with E-state index in [1.807, 2.05) is 13.0 Å². The van der Waals surface area contributed by atoms with Crippen molar-refractivity contribution in [1.29, 1.82) is 0 Å². The number of aromatic nitrogens is 1. The summed E-state index contributed by atoms with van der Waals surface area (Å²) in [6.45, 7) is 3.70. The number of rotatable bonds is 5. The summed E-state index contributed by atoms with van der Waals surface area (Å²) in [6.07, 6.45) is 2.42. The molecule has 2 unspecified atom stereocenters. The molecular weight excluding hydrogens is 465 g/mol. The first-order valence-corrected chi connectivity index (χ1v) is 12.0. The first kappa shape index (κ1) is 23.4. The standard InChI is InChI=1S/C24H23ClFN3O3S/c1-4-22-18-11-23(30)29(3)12-20(18)17-9-16(13(2)28-33(31)32)21(25)10-19(17)24(27-22)14-5-7-15(26)8-6-14/h5-13,22,33H,4H2,1-3H3,(H,28,31,32). The minimum atomic E-state index is -2.83. The average Bonchev–Trinajstić information content (AvgIpc) is 2.88. The highest BCUT2D eigenvalue weighted by atomic mass is 35.5. The predicted molar refractivity (Wildman–Crippen MR) is 129 cm³/mol. The van der Waals surface area contributed by atoms with Crippen LogP contribution < -0.4 is 10.3 Å². The second-order valence-electron chi connectivity index (χ2n) is 8.03. The van der Waals surface area contributed by atoms with Crippen LogP contribution in [-0.2, 0) is 17.9 Å². The molecule has 0 amide bonds. The third-order valence-electron chi connectivity index (χ3n) is 5.86. The van der Waals surface area contributed by atoms with Gasteiger partial charge in [-0.25, -0.2) is 17.5 Å². The van der Waals surface area contributed by atoms with Gasteiger partial charge in [-0.05, 0) is 66.4 Å². The van der Waals surface area contributed by atoms with Crippen molar-refractivity contribution in [2.24, 2.45) is 12.0 Å². The van der Waals surface area contributed by atoms with Crippen LogP contribution in [0.1, 0.15) is 54.6 Å². The minimum Gasteiger partial charge on any atom is -0.318 e. The molecule has 2 heterocycles. The van der Waals surface area contributed by atoms with Crippen LogP contribution in [0.2, 0.25) is 5.02 Å². The Kier molecular flexibility index (Phi) is 6.52. The zero-order chi connectivity index (χ0) is 23.9. The van der Waals surface area contributed by atoms with E-state index in [0.717, 1.165) is 22.3 Å². The van der Waals surface area contributed by atoms with Gasteiger partial charge in [0, 0.05) is 47.1 Å². The van der Waals surface area contributed by atoms with Crippen LogP contribution in [0, 0.1) is 5.82 Å². The number of hydrogen-bond acceptors (Lipinski definition) is 4. The summed E-state index contributed by atoms with van der Waals surface area (Å²) in [5.74, 6) is -0.355. The highest BCUT2D eigenvalue weighted by molar-refractivity contribution is 7.70. The Morgan fingerprint density at radius 3 is 2.48 bits per heavy atom. The lowest BCUT2D eigenvalue weighted by Gasteiger charge is -2.19. The normalized spacial score (nSPS) is 16.1. The Hall–Kier alpha value is -2.81. The van der Waals surface area contributed by atoms with Crippen LogP contribution >= 0.6 is 11.6 Å². The lowest BCUT2D eigenvalue weighted by molar-refractivity contribution is 0.587. The summed E-state index contributed by atoms with van der Waals surface area (Å²) in [6, 6.07) is 10.4. The maximum absolute atomic E-state index is 13.6. The molecule has 0 saturated heterocycles. The number of aliphatic imine (C=N–C) groups is 1. The van der Waals surface area contributed by atoms with E-state index in [1.165, 1.54) is 16.7 Å². The van der Waals surface area contributed by atoms with E-state index in [0.29, 0.717) is 28.3 Å². The summed E-state index contributed by atoms with van der Waals surface area (Å²) in [5.41, 5.74) is 4.89. The van der Waals surface area contributed by atoms with Gasteiger partial charge in [0.15, 0.2) is 0 Å². The van der Waals surface area contributed by atoms with Crippen molar-refractivity contribution in [2.75, 3.05) is 0 Å². The van der Waals surface area contributed by atoms with Gasteiger partial charge in [-0.3, -0.25) is 9.79 Å². The molecule has 172 valence electrons. The Morgan fingerprint density at radius 2 is 1.85 bits per heavy atom. The Balaban J connectivity index is 2.06. The molecule has 0 radical (unpaired) electrons. The predicted octanol–water partition coefficient (Wildman–Crippen LogP) is 4.32. The molecule has 0 aliphatic carbocycles. The molecular formula is C24H23ClFN3O3S. The van der Waals surface area contributed by atoms with Crippen molar-refractivity contribution >= 4 is 28.2 Å². The molecule has 9 heteroatoms. The van der Waals surface area contributed by atoms with E-state index in [-0.39, 0.29) is 17.4 Å². The molecule has 1 aliphatic heterocycles. The lowest BCUT2D eigenvalue weighted by Crippen LogP contribution is -2.18. The van der Waals surface area contributed by atoms with E-state index in [1.54, 1.807) is 44.4 Å². The topological polar surface area (TPSA) is 80.5 Å². The number of fused-ring (bicyclic) bond motifs is 3. The highest BCUT2D eigenvalue weighted by Crippen LogP contribution is 2.41. The number of hydrogen-bond donors (Lipinski definition) is 2. The number of thiol groups is 1. The molecule has 2 aromatic carbocycles. The first-order valence-electron chi connectivity index (χ1n) is 10.5. The fourth-order valence-corrected chi connectivity index (χ4v) is 4.94. The van der Waals surface area contributed by atoms with E-state index >= 15 is 0 Å². The van der Waals surface area contributed by atoms with Gasteiger partial charge in [-0.1, -0.05) is 18.5 Å². The summed E-state index contributed by atoms with van der Waals surface area (Å²) in [5, 5.41) is 0.377. The number of aryl methyl sites for hydroxylation is 1. The highest BCUT2D eigenvalue weighted by Gasteiger charge is 2.27. The molecule has 0 spiro atoms. The van der Waals surface area contributed by atoms with Crippen LogP contribution in [0.25, 0.3) is 11.1 Å². The van der Waals surface area contributed by atoms with Gasteiger partial charge >= 0.3 is 0 Å². The Morgan fingerprint density at radius 1 is 1.15 bits per heavy atom. The largest absolute Gasteiger partial charge is 0.318 e. The third-order valence-corrected chi connectivity index (χ3v) is 6.78. The second-order valence-corrected chi connectivity index (χ2v) is 9.21. The first-order chi connectivity index (χ1) is 15.7. The second kappa shape index (κ2) is 9.21. The minimum absolute atomic E-state index is 0.151. The zero-order valence-corrected chi connectivity index (χ0v) is 20.0. The molecule has 2 atom stereocenters. The van der Waals surface area contributed by atoms with E-state index in [4.69, 9.17) is 16.6 Å². The summed E-state index contributed by atoms with van der Waals surface area (Å²) < 4.78 is 40.1. The van der Waals surface area contributed by atoms with Crippen molar-refractivity contribution in [2.45, 2.75) is 32.4 Å². The molecule has 0 bridgehead atoms. The van der Waals surface area contributed by atoms with Gasteiger partial charge in [0.25, 0.3) is 5.56 Å². The van der Waals surface area contributed by atoms with Crippen molar-refractivity contribution < 1.29 is 12.8 Å². The molecule has 4 rings (SSSR count). The number of nitrogens with one attached hydrogen (secondary N) is 1. The van der Waals surface area contributed by atoms with Gasteiger partial charge < -0.3 is 4.57 Å². The van der Waals surface area contributed by atoms with Crippen LogP contribution in [-0.4, -0.2) is 18.7 Å². The molecule has 1 aromatic heterocycles. The molecule has 3 aromatic rings. The van der Waals surface area contributed by atoms with Gasteiger partial charge in [0.2, 0.25) is 10.9 Å². The number of benzene rings is 2. The number of pyridine rings is 1. The van der Waals surface area contributed by atoms with Gasteiger partial charge in [-0.15, -0.1) is 0 Å². The smallest absolute Gasteiger partial charge is 0.250 e. The fourth-order valence-electron chi connectivity index (χ4n) is 4.16. The van der Waals surface area contributed by atoms with Crippen LogP contribution in [0.15, 0.2) is 58.4 Å². The summed E-state index contributed by atoms with van der Waals surface area (Å²) >= 11 is 6.62. The lowest BCUT2D eigenvalue weighted by atomic mass is 9.89. The average molecular weight is 488 g/mol. The Labute approximate surface area is 197 Å². The SMILES string of the molecule is CCC1N=C(c2ccc(F)cc2)c2cc(Cl)c(C(C)N[SH](=O)=O)cc2-c2cn(C)c(=O)cc21. The van der Waals surface area contributed by atoms with Gasteiger partial charge in [0.1, 0.15) is 5.82 Å². The maximum Gasteiger partial charge on any atom is 0.250 e. The van der Waals surface area contributed by atoms with Crippen LogP contribution in [0.5, 0.6) is 0 Å². The van der Waals surface area contributed by atoms with E-state index in [2.05, 4.69) is 4.72 Å². The van der Waals surface area contributed by atoms with Gasteiger partial charge in [-0.2, -0.15) is 0 Å². The molecule has 0 fully saturated rings. The third kappa shape index (κ3) is 4.51. The van der Waals surface area contributed by atoms with Crippen LogP contribution in [0.3, 0.4) is 0 Å². The number of halogens is 2. The van der Waals surface area contributed by atoms with E-state index < -0.39 is 16.9 Å².